The number of amides is 1. The lowest BCUT2D eigenvalue weighted by Gasteiger charge is -2.06. The Hall–Kier alpha value is -1.43. The largest absolute Gasteiger partial charge is 0.326 e. The van der Waals surface area contributed by atoms with Gasteiger partial charge in [-0.15, -0.1) is 0 Å². The molecule has 1 aromatic rings. The van der Waals surface area contributed by atoms with Gasteiger partial charge in [-0.25, -0.2) is 0 Å². The topological polar surface area (TPSA) is 72.2 Å². The number of hydrogen-bond donors (Lipinski definition) is 1. The van der Waals surface area contributed by atoms with Crippen molar-refractivity contribution in [2.24, 2.45) is 0 Å². The number of nitrogens with zero attached hydrogens (tertiary/aromatic N) is 1. The van der Waals surface area contributed by atoms with Crippen molar-refractivity contribution in [2.45, 2.75) is 19.8 Å². The van der Waals surface area contributed by atoms with Crippen molar-refractivity contribution in [3.05, 3.63) is 33.9 Å². The van der Waals surface area contributed by atoms with Crippen LogP contribution in [0.4, 0.5) is 11.4 Å². The quantitative estimate of drug-likeness (QED) is 0.516. The number of halogens is 1. The van der Waals surface area contributed by atoms with Crippen molar-refractivity contribution in [2.75, 3.05) is 10.6 Å². The molecule has 6 heteroatoms. The normalized spacial score (nSPS) is 10.0. The van der Waals surface area contributed by atoms with Gasteiger partial charge in [0, 0.05) is 29.1 Å². The number of nitro groups is 1. The highest BCUT2D eigenvalue weighted by molar-refractivity contribution is 9.09. The van der Waals surface area contributed by atoms with E-state index in [1.54, 1.807) is 12.1 Å². The highest BCUT2D eigenvalue weighted by Crippen LogP contribution is 2.23. The summed E-state index contributed by atoms with van der Waals surface area (Å²) in [5, 5.41) is 14.0. The maximum Gasteiger partial charge on any atom is 0.274 e. The summed E-state index contributed by atoms with van der Waals surface area (Å²) in [4.78, 5) is 21.7. The number of alkyl halides is 1. The Morgan fingerprint density at radius 3 is 2.76 bits per heavy atom. The van der Waals surface area contributed by atoms with Crippen LogP contribution in [0.5, 0.6) is 0 Å². The summed E-state index contributed by atoms with van der Waals surface area (Å²) >= 11 is 3.15. The van der Waals surface area contributed by atoms with E-state index in [2.05, 4.69) is 21.2 Å². The monoisotopic (exact) mass is 300 g/mol. The molecule has 0 atom stereocenters. The zero-order chi connectivity index (χ0) is 12.8. The van der Waals surface area contributed by atoms with Crippen LogP contribution in [-0.4, -0.2) is 16.2 Å². The molecule has 0 aliphatic heterocycles. The van der Waals surface area contributed by atoms with E-state index in [1.165, 1.54) is 6.07 Å². The first-order chi connectivity index (χ1) is 8.08. The average molecular weight is 301 g/mol. The zero-order valence-electron chi connectivity index (χ0n) is 9.40. The van der Waals surface area contributed by atoms with Gasteiger partial charge in [0.2, 0.25) is 5.91 Å². The lowest BCUT2D eigenvalue weighted by atomic mass is 10.1. The van der Waals surface area contributed by atoms with Crippen molar-refractivity contribution in [1.29, 1.82) is 0 Å². The molecule has 0 heterocycles. The molecule has 0 unspecified atom stereocenters. The lowest BCUT2D eigenvalue weighted by molar-refractivity contribution is -0.385. The number of aryl methyl sites for hydroxylation is 1. The maximum absolute atomic E-state index is 11.3. The minimum Gasteiger partial charge on any atom is -0.326 e. The van der Waals surface area contributed by atoms with Crippen LogP contribution >= 0.6 is 15.9 Å². The number of hydrogen-bond acceptors (Lipinski definition) is 3. The second-order valence-corrected chi connectivity index (χ2v) is 4.23. The molecule has 1 aromatic carbocycles. The number of anilines is 1. The smallest absolute Gasteiger partial charge is 0.274 e. The van der Waals surface area contributed by atoms with Gasteiger partial charge in [-0.3, -0.25) is 14.9 Å². The standard InChI is InChI=1S/C11H13BrN2O3/c1-2-8-3-4-9(7-10(8)14(16)17)13-11(15)5-6-12/h3-4,7H,2,5-6H2,1H3,(H,13,15). The van der Waals surface area contributed by atoms with E-state index in [0.29, 0.717) is 29.4 Å². The summed E-state index contributed by atoms with van der Waals surface area (Å²) in [6, 6.07) is 4.74. The van der Waals surface area contributed by atoms with Gasteiger partial charge in [0.05, 0.1) is 4.92 Å². The van der Waals surface area contributed by atoms with Crippen LogP contribution in [0.2, 0.25) is 0 Å². The first-order valence-electron chi connectivity index (χ1n) is 5.21. The summed E-state index contributed by atoms with van der Waals surface area (Å²) in [6.45, 7) is 1.85. The highest BCUT2D eigenvalue weighted by atomic mass is 79.9. The third-order valence-electron chi connectivity index (χ3n) is 2.27. The predicted octanol–water partition coefficient (Wildman–Crippen LogP) is 2.88. The molecule has 17 heavy (non-hydrogen) atoms. The van der Waals surface area contributed by atoms with Gasteiger partial charge >= 0.3 is 0 Å². The number of rotatable bonds is 5. The Morgan fingerprint density at radius 2 is 2.24 bits per heavy atom. The second kappa shape index (κ2) is 6.34. The van der Waals surface area contributed by atoms with Gasteiger partial charge in [-0.1, -0.05) is 28.9 Å². The van der Waals surface area contributed by atoms with Crippen LogP contribution in [0.3, 0.4) is 0 Å². The Bertz CT molecular complexity index is 435. The molecule has 0 bridgehead atoms. The van der Waals surface area contributed by atoms with E-state index in [-0.39, 0.29) is 11.6 Å². The van der Waals surface area contributed by atoms with Gasteiger partial charge in [0.15, 0.2) is 0 Å². The van der Waals surface area contributed by atoms with Crippen molar-refractivity contribution in [1.82, 2.24) is 0 Å². The van der Waals surface area contributed by atoms with E-state index in [9.17, 15) is 14.9 Å². The van der Waals surface area contributed by atoms with E-state index in [0.717, 1.165) is 0 Å². The summed E-state index contributed by atoms with van der Waals surface area (Å²) in [6.07, 6.45) is 0.926. The molecular weight excluding hydrogens is 288 g/mol. The number of benzene rings is 1. The van der Waals surface area contributed by atoms with Gasteiger partial charge in [0.25, 0.3) is 5.69 Å². The van der Waals surface area contributed by atoms with Gasteiger partial charge in [-0.2, -0.15) is 0 Å². The van der Waals surface area contributed by atoms with Crippen LogP contribution in [0.1, 0.15) is 18.9 Å². The third-order valence-corrected chi connectivity index (χ3v) is 2.66. The SMILES string of the molecule is CCc1ccc(NC(=O)CCBr)cc1[N+](=O)[O-]. The zero-order valence-corrected chi connectivity index (χ0v) is 11.0. The minimum absolute atomic E-state index is 0.0455. The molecule has 1 N–H and O–H groups in total. The molecule has 0 aliphatic rings. The van der Waals surface area contributed by atoms with E-state index in [1.807, 2.05) is 6.92 Å². The average Bonchev–Trinajstić information content (AvgIpc) is 2.29. The number of nitrogens with one attached hydrogen (secondary N) is 1. The van der Waals surface area contributed by atoms with Crippen LogP contribution in [-0.2, 0) is 11.2 Å². The molecule has 92 valence electrons. The summed E-state index contributed by atoms with van der Waals surface area (Å²) in [5.74, 6) is -0.166. The number of nitro benzene ring substituents is 1. The molecule has 0 aromatic heterocycles. The molecule has 1 amide bonds. The van der Waals surface area contributed by atoms with Gasteiger partial charge in [0.1, 0.15) is 0 Å². The van der Waals surface area contributed by atoms with Crippen molar-refractivity contribution < 1.29 is 9.72 Å². The van der Waals surface area contributed by atoms with Crippen LogP contribution in [0.15, 0.2) is 18.2 Å². The minimum atomic E-state index is -0.432. The predicted molar refractivity (Wildman–Crippen MR) is 69.5 cm³/mol. The Kier molecular flexibility index (Phi) is 5.09. The summed E-state index contributed by atoms with van der Waals surface area (Å²) in [7, 11) is 0. The molecule has 0 saturated heterocycles. The Morgan fingerprint density at radius 1 is 1.53 bits per heavy atom. The number of carbonyl (C=O) groups excluding carboxylic acids is 1. The fourth-order valence-corrected chi connectivity index (χ4v) is 1.78. The molecule has 5 nitrogen and oxygen atoms in total. The van der Waals surface area contributed by atoms with Crippen LogP contribution < -0.4 is 5.32 Å². The molecular formula is C11H13BrN2O3. The lowest BCUT2D eigenvalue weighted by Crippen LogP contribution is -2.11. The Balaban J connectivity index is 2.92. The first-order valence-corrected chi connectivity index (χ1v) is 6.33. The Labute approximate surface area is 107 Å². The maximum atomic E-state index is 11.3. The van der Waals surface area contributed by atoms with Gasteiger partial charge in [-0.05, 0) is 12.5 Å². The third kappa shape index (κ3) is 3.81. The van der Waals surface area contributed by atoms with Crippen molar-refractivity contribution in [3.63, 3.8) is 0 Å². The molecule has 1 rings (SSSR count). The summed E-state index contributed by atoms with van der Waals surface area (Å²) in [5.41, 5.74) is 1.16. The second-order valence-electron chi connectivity index (χ2n) is 3.44. The van der Waals surface area contributed by atoms with E-state index < -0.39 is 4.92 Å². The molecule has 0 fully saturated rings. The van der Waals surface area contributed by atoms with Crippen molar-refractivity contribution in [3.8, 4) is 0 Å². The molecule has 0 spiro atoms. The van der Waals surface area contributed by atoms with Gasteiger partial charge < -0.3 is 5.32 Å². The number of carbonyl (C=O) groups is 1. The fraction of sp³-hybridized carbons (Fsp3) is 0.364. The van der Waals surface area contributed by atoms with Crippen LogP contribution in [0, 0.1) is 10.1 Å². The highest BCUT2D eigenvalue weighted by Gasteiger charge is 2.13. The molecule has 0 radical (unpaired) electrons. The molecule has 0 aliphatic carbocycles. The molecule has 0 saturated carbocycles. The van der Waals surface area contributed by atoms with E-state index in [4.69, 9.17) is 0 Å². The van der Waals surface area contributed by atoms with Crippen LogP contribution in [0.25, 0.3) is 0 Å². The van der Waals surface area contributed by atoms with Crippen molar-refractivity contribution >= 4 is 33.2 Å². The summed E-state index contributed by atoms with van der Waals surface area (Å²) < 4.78 is 0. The fourth-order valence-electron chi connectivity index (χ4n) is 1.42. The first kappa shape index (κ1) is 13.6. The van der Waals surface area contributed by atoms with E-state index >= 15 is 0 Å².